The number of hydrogen-bond donors (Lipinski definition) is 0. The van der Waals surface area contributed by atoms with Crippen molar-refractivity contribution in [2.24, 2.45) is 0 Å². The van der Waals surface area contributed by atoms with E-state index >= 15 is 0 Å². The molecule has 0 saturated heterocycles. The lowest BCUT2D eigenvalue weighted by Crippen LogP contribution is -2.18. The van der Waals surface area contributed by atoms with Crippen molar-refractivity contribution in [2.45, 2.75) is 18.6 Å². The average molecular weight is 314 g/mol. The minimum absolute atomic E-state index is 0.0982. The van der Waals surface area contributed by atoms with Crippen LogP contribution in [0.25, 0.3) is 0 Å². The van der Waals surface area contributed by atoms with Gasteiger partial charge in [0.1, 0.15) is 0 Å². The summed E-state index contributed by atoms with van der Waals surface area (Å²) in [4.78, 5) is 1.78. The number of alkyl halides is 4. The first-order valence-corrected chi connectivity index (χ1v) is 6.96. The van der Waals surface area contributed by atoms with Gasteiger partial charge in [0.05, 0.1) is 5.56 Å². The fourth-order valence-electron chi connectivity index (χ4n) is 2.13. The van der Waals surface area contributed by atoms with Crippen LogP contribution in [0.4, 0.5) is 18.9 Å². The number of anilines is 1. The van der Waals surface area contributed by atoms with Crippen molar-refractivity contribution in [3.05, 3.63) is 65.2 Å². The molecule has 0 bridgehead atoms. The molecule has 2 aromatic rings. The Morgan fingerprint density at radius 3 is 2.29 bits per heavy atom. The van der Waals surface area contributed by atoms with E-state index in [0.717, 1.165) is 11.6 Å². The van der Waals surface area contributed by atoms with E-state index in [9.17, 15) is 13.2 Å². The van der Waals surface area contributed by atoms with Crippen LogP contribution in [0.1, 0.15) is 16.7 Å². The van der Waals surface area contributed by atoms with Gasteiger partial charge in [0.2, 0.25) is 0 Å². The molecule has 0 unspecified atom stereocenters. The Labute approximate surface area is 127 Å². The minimum atomic E-state index is -4.40. The first-order valence-electron chi connectivity index (χ1n) is 6.43. The molecule has 112 valence electrons. The summed E-state index contributed by atoms with van der Waals surface area (Å²) in [5.74, 6) is -0.155. The average Bonchev–Trinajstić information content (AvgIpc) is 2.46. The SMILES string of the molecule is CN(Cc1ccccc1)c1ccc(CCl)c(C(F)(F)F)c1. The monoisotopic (exact) mass is 313 g/mol. The highest BCUT2D eigenvalue weighted by Crippen LogP contribution is 2.35. The molecule has 2 aromatic carbocycles. The van der Waals surface area contributed by atoms with Crippen molar-refractivity contribution in [3.63, 3.8) is 0 Å². The lowest BCUT2D eigenvalue weighted by atomic mass is 10.1. The van der Waals surface area contributed by atoms with Crippen molar-refractivity contribution in [2.75, 3.05) is 11.9 Å². The Kier molecular flexibility index (Phi) is 4.78. The Morgan fingerprint density at radius 2 is 1.71 bits per heavy atom. The lowest BCUT2D eigenvalue weighted by Gasteiger charge is -2.22. The van der Waals surface area contributed by atoms with E-state index in [1.165, 1.54) is 6.07 Å². The molecule has 0 heterocycles. The number of halogens is 4. The zero-order chi connectivity index (χ0) is 15.5. The predicted molar refractivity (Wildman–Crippen MR) is 79.6 cm³/mol. The van der Waals surface area contributed by atoms with E-state index < -0.39 is 11.7 Å². The van der Waals surface area contributed by atoms with Crippen LogP contribution in [-0.2, 0) is 18.6 Å². The van der Waals surface area contributed by atoms with Gasteiger partial charge < -0.3 is 4.90 Å². The molecule has 1 nitrogen and oxygen atoms in total. The lowest BCUT2D eigenvalue weighted by molar-refractivity contribution is -0.138. The Bertz CT molecular complexity index is 596. The maximum Gasteiger partial charge on any atom is 0.416 e. The van der Waals surface area contributed by atoms with E-state index in [-0.39, 0.29) is 11.4 Å². The summed E-state index contributed by atoms with van der Waals surface area (Å²) in [6.07, 6.45) is -4.40. The molecule has 2 rings (SSSR count). The van der Waals surface area contributed by atoms with Crippen LogP contribution in [-0.4, -0.2) is 7.05 Å². The van der Waals surface area contributed by atoms with Crippen molar-refractivity contribution in [1.29, 1.82) is 0 Å². The first-order chi connectivity index (χ1) is 9.91. The first kappa shape index (κ1) is 15.7. The van der Waals surface area contributed by atoms with Crippen molar-refractivity contribution >= 4 is 17.3 Å². The van der Waals surface area contributed by atoms with E-state index in [0.29, 0.717) is 12.2 Å². The van der Waals surface area contributed by atoms with Gasteiger partial charge >= 0.3 is 6.18 Å². The highest BCUT2D eigenvalue weighted by Gasteiger charge is 2.33. The molecule has 0 spiro atoms. The molecule has 0 aliphatic heterocycles. The third-order valence-corrected chi connectivity index (χ3v) is 3.53. The number of benzene rings is 2. The van der Waals surface area contributed by atoms with Gasteiger partial charge in [0.15, 0.2) is 0 Å². The zero-order valence-corrected chi connectivity index (χ0v) is 12.2. The molecule has 0 N–H and O–H groups in total. The molecule has 5 heteroatoms. The van der Waals surface area contributed by atoms with Gasteiger partial charge in [0.25, 0.3) is 0 Å². The third-order valence-electron chi connectivity index (χ3n) is 3.25. The van der Waals surface area contributed by atoms with E-state index in [4.69, 9.17) is 11.6 Å². The number of rotatable bonds is 4. The molecule has 0 amide bonds. The molecule has 0 atom stereocenters. The van der Waals surface area contributed by atoms with E-state index in [1.54, 1.807) is 18.0 Å². The Balaban J connectivity index is 2.28. The molecular formula is C16H15ClF3N. The van der Waals surface area contributed by atoms with Crippen LogP contribution in [0.15, 0.2) is 48.5 Å². The summed E-state index contributed by atoms with van der Waals surface area (Å²) in [7, 11) is 1.77. The topological polar surface area (TPSA) is 3.24 Å². The third kappa shape index (κ3) is 3.91. The van der Waals surface area contributed by atoms with Crippen LogP contribution in [0.2, 0.25) is 0 Å². The van der Waals surface area contributed by atoms with E-state index in [2.05, 4.69) is 0 Å². The summed E-state index contributed by atoms with van der Waals surface area (Å²) in [6, 6.07) is 13.8. The zero-order valence-electron chi connectivity index (χ0n) is 11.5. The van der Waals surface area contributed by atoms with Crippen LogP contribution >= 0.6 is 11.6 Å². The fourth-order valence-corrected chi connectivity index (χ4v) is 2.36. The highest BCUT2D eigenvalue weighted by molar-refractivity contribution is 6.17. The second-order valence-electron chi connectivity index (χ2n) is 4.81. The van der Waals surface area contributed by atoms with Crippen LogP contribution in [0.3, 0.4) is 0 Å². The molecule has 0 saturated carbocycles. The van der Waals surface area contributed by atoms with E-state index in [1.807, 2.05) is 30.3 Å². The van der Waals surface area contributed by atoms with Gasteiger partial charge in [-0.25, -0.2) is 0 Å². The van der Waals surface area contributed by atoms with Gasteiger partial charge in [0, 0.05) is 25.2 Å². The second-order valence-corrected chi connectivity index (χ2v) is 5.08. The van der Waals surface area contributed by atoms with Crippen LogP contribution < -0.4 is 4.90 Å². The van der Waals surface area contributed by atoms with Crippen LogP contribution in [0, 0.1) is 0 Å². The maximum atomic E-state index is 13.0. The van der Waals surface area contributed by atoms with Gasteiger partial charge in [-0.1, -0.05) is 36.4 Å². The molecule has 0 aromatic heterocycles. The highest BCUT2D eigenvalue weighted by atomic mass is 35.5. The summed E-state index contributed by atoms with van der Waals surface area (Å²) < 4.78 is 39.1. The Morgan fingerprint density at radius 1 is 1.05 bits per heavy atom. The second kappa shape index (κ2) is 6.39. The van der Waals surface area contributed by atoms with Crippen molar-refractivity contribution in [3.8, 4) is 0 Å². The number of hydrogen-bond acceptors (Lipinski definition) is 1. The molecule has 0 aliphatic carbocycles. The van der Waals surface area contributed by atoms with Gasteiger partial charge in [-0.2, -0.15) is 13.2 Å². The van der Waals surface area contributed by atoms with Gasteiger partial charge in [-0.3, -0.25) is 0 Å². The largest absolute Gasteiger partial charge is 0.416 e. The Hall–Kier alpha value is -1.68. The maximum absolute atomic E-state index is 13.0. The molecule has 0 aliphatic rings. The van der Waals surface area contributed by atoms with Crippen LogP contribution in [0.5, 0.6) is 0 Å². The molecule has 21 heavy (non-hydrogen) atoms. The smallest absolute Gasteiger partial charge is 0.370 e. The standard InChI is InChI=1S/C16H15ClF3N/c1-21(11-12-5-3-2-4-6-12)14-8-7-13(10-17)15(9-14)16(18,19)20/h2-9H,10-11H2,1H3. The molecule has 0 radical (unpaired) electrons. The number of nitrogens with zero attached hydrogens (tertiary/aromatic N) is 1. The summed E-state index contributed by atoms with van der Waals surface area (Å²) in [6.45, 7) is 0.540. The molecular weight excluding hydrogens is 299 g/mol. The normalized spacial score (nSPS) is 11.5. The van der Waals surface area contributed by atoms with Crippen molar-refractivity contribution < 1.29 is 13.2 Å². The summed E-state index contributed by atoms with van der Waals surface area (Å²) in [5.41, 5.74) is 0.978. The van der Waals surface area contributed by atoms with Gasteiger partial charge in [-0.05, 0) is 23.3 Å². The minimum Gasteiger partial charge on any atom is -0.370 e. The predicted octanol–water partition coefficient (Wildman–Crippen LogP) is 5.08. The molecule has 0 fully saturated rings. The quantitative estimate of drug-likeness (QED) is 0.711. The summed E-state index contributed by atoms with van der Waals surface area (Å²) in [5, 5.41) is 0. The van der Waals surface area contributed by atoms with Gasteiger partial charge in [-0.15, -0.1) is 11.6 Å². The van der Waals surface area contributed by atoms with Crippen molar-refractivity contribution in [1.82, 2.24) is 0 Å². The fraction of sp³-hybridized carbons (Fsp3) is 0.250. The summed E-state index contributed by atoms with van der Waals surface area (Å²) >= 11 is 5.59.